The van der Waals surface area contributed by atoms with Crippen molar-refractivity contribution in [2.75, 3.05) is 14.2 Å². The minimum atomic E-state index is -3.66. The van der Waals surface area contributed by atoms with Crippen LogP contribution in [0.4, 0.5) is 0 Å². The van der Waals surface area contributed by atoms with Gasteiger partial charge in [0.2, 0.25) is 0 Å². The van der Waals surface area contributed by atoms with Crippen LogP contribution in [0.15, 0.2) is 0 Å². The monoisotopic (exact) mass is 160 g/mol. The Morgan fingerprint density at radius 3 is 1.22 bits per heavy atom. The maximum Gasteiger partial charge on any atom is 0.399 e. The average molecular weight is 160 g/mol. The van der Waals surface area contributed by atoms with E-state index in [1.165, 1.54) is 0 Å². The van der Waals surface area contributed by atoms with Gasteiger partial charge in [-0.3, -0.25) is 8.37 Å². The van der Waals surface area contributed by atoms with Crippen LogP contribution in [0.5, 0.6) is 0 Å². The van der Waals surface area contributed by atoms with Gasteiger partial charge in [0, 0.05) is 0 Å². The predicted molar refractivity (Wildman–Crippen MR) is 33.0 cm³/mol. The lowest BCUT2D eigenvalue weighted by molar-refractivity contribution is 0.286. The summed E-state index contributed by atoms with van der Waals surface area (Å²) in [5, 5.41) is 0. The van der Waals surface area contributed by atoms with Gasteiger partial charge in [-0.25, -0.2) is 0 Å². The standard InChI is InChI=1S/C2H6O4S.2H3N/c1-5-7(3,4)6-2;;/h1-2H3;2*1H3. The van der Waals surface area contributed by atoms with Crippen molar-refractivity contribution >= 4 is 10.4 Å². The molecule has 0 aliphatic heterocycles. The van der Waals surface area contributed by atoms with Gasteiger partial charge in [-0.15, -0.1) is 0 Å². The molecule has 0 heterocycles. The van der Waals surface area contributed by atoms with Crippen molar-refractivity contribution in [2.45, 2.75) is 0 Å². The van der Waals surface area contributed by atoms with E-state index >= 15 is 0 Å². The summed E-state index contributed by atoms with van der Waals surface area (Å²) < 4.78 is 27.5. The van der Waals surface area contributed by atoms with Crippen molar-refractivity contribution in [3.63, 3.8) is 0 Å². The van der Waals surface area contributed by atoms with Crippen molar-refractivity contribution in [1.29, 1.82) is 0 Å². The van der Waals surface area contributed by atoms with Gasteiger partial charge in [0.05, 0.1) is 14.2 Å². The number of hydrogen-bond acceptors (Lipinski definition) is 6. The van der Waals surface area contributed by atoms with Gasteiger partial charge < -0.3 is 12.3 Å². The van der Waals surface area contributed by atoms with Crippen LogP contribution in [-0.4, -0.2) is 22.6 Å². The zero-order chi connectivity index (χ0) is 5.91. The second kappa shape index (κ2) is 5.92. The maximum atomic E-state index is 9.92. The van der Waals surface area contributed by atoms with Crippen LogP contribution in [0, 0.1) is 0 Å². The van der Waals surface area contributed by atoms with Gasteiger partial charge >= 0.3 is 10.4 Å². The molecule has 0 rings (SSSR count). The van der Waals surface area contributed by atoms with E-state index in [0.717, 1.165) is 14.2 Å². The highest BCUT2D eigenvalue weighted by atomic mass is 32.3. The first-order valence-electron chi connectivity index (χ1n) is 1.48. The summed E-state index contributed by atoms with van der Waals surface area (Å²) in [5.41, 5.74) is 0. The van der Waals surface area contributed by atoms with Crippen LogP contribution in [0.25, 0.3) is 0 Å². The van der Waals surface area contributed by atoms with Gasteiger partial charge in [-0.1, -0.05) is 0 Å². The van der Waals surface area contributed by atoms with Crippen molar-refractivity contribution in [1.82, 2.24) is 12.3 Å². The highest BCUT2D eigenvalue weighted by Crippen LogP contribution is 1.85. The zero-order valence-corrected chi connectivity index (χ0v) is 6.27. The third kappa shape index (κ3) is 7.79. The molecule has 7 heteroatoms. The van der Waals surface area contributed by atoms with E-state index in [1.54, 1.807) is 0 Å². The molecule has 0 bridgehead atoms. The smallest absolute Gasteiger partial charge is 0.344 e. The van der Waals surface area contributed by atoms with E-state index in [9.17, 15) is 8.42 Å². The van der Waals surface area contributed by atoms with Gasteiger partial charge in [-0.2, -0.15) is 8.42 Å². The predicted octanol–water partition coefficient (Wildman–Crippen LogP) is -0.152. The minimum absolute atomic E-state index is 0. The fourth-order valence-electron chi connectivity index (χ4n) is 0.0680. The van der Waals surface area contributed by atoms with Crippen LogP contribution in [0.3, 0.4) is 0 Å². The Hall–Kier alpha value is -0.210. The Bertz CT molecular complexity index is 120. The lowest BCUT2D eigenvalue weighted by atomic mass is 11.8. The van der Waals surface area contributed by atoms with Crippen molar-refractivity contribution in [3.8, 4) is 0 Å². The van der Waals surface area contributed by atoms with Gasteiger partial charge in [-0.05, 0) is 0 Å². The summed E-state index contributed by atoms with van der Waals surface area (Å²) >= 11 is 0. The molecule has 0 radical (unpaired) electrons. The minimum Gasteiger partial charge on any atom is -0.344 e. The van der Waals surface area contributed by atoms with Crippen molar-refractivity contribution < 1.29 is 16.8 Å². The molecule has 6 N–H and O–H groups in total. The van der Waals surface area contributed by atoms with Gasteiger partial charge in [0.25, 0.3) is 0 Å². The van der Waals surface area contributed by atoms with E-state index in [4.69, 9.17) is 0 Å². The fourth-order valence-corrected chi connectivity index (χ4v) is 0.204. The lowest BCUT2D eigenvalue weighted by Crippen LogP contribution is -2.02. The van der Waals surface area contributed by atoms with Crippen LogP contribution in [0.2, 0.25) is 0 Å². The molecule has 0 unspecified atom stereocenters. The van der Waals surface area contributed by atoms with Crippen molar-refractivity contribution in [3.05, 3.63) is 0 Å². The Balaban J connectivity index is -0.000000180. The van der Waals surface area contributed by atoms with Crippen LogP contribution < -0.4 is 12.3 Å². The molecular formula is C2H12N2O4S. The van der Waals surface area contributed by atoms with Gasteiger partial charge in [0.15, 0.2) is 0 Å². The summed E-state index contributed by atoms with van der Waals surface area (Å²) in [5.74, 6) is 0. The topological polar surface area (TPSA) is 123 Å². The second-order valence-corrected chi connectivity index (χ2v) is 2.22. The SMILES string of the molecule is COS(=O)(=O)OC.N.N. The molecule has 0 saturated carbocycles. The molecule has 60 valence electrons. The van der Waals surface area contributed by atoms with E-state index in [1.807, 2.05) is 0 Å². The summed E-state index contributed by atoms with van der Waals surface area (Å²) in [6.07, 6.45) is 0. The summed E-state index contributed by atoms with van der Waals surface area (Å²) in [4.78, 5) is 0. The Morgan fingerprint density at radius 1 is 1.00 bits per heavy atom. The third-order valence-electron chi connectivity index (χ3n) is 0.408. The molecule has 6 nitrogen and oxygen atoms in total. The Morgan fingerprint density at radius 2 is 1.22 bits per heavy atom. The van der Waals surface area contributed by atoms with E-state index in [2.05, 4.69) is 8.37 Å². The molecular weight excluding hydrogens is 148 g/mol. The first-order chi connectivity index (χ1) is 3.12. The molecule has 0 aromatic carbocycles. The van der Waals surface area contributed by atoms with Crippen LogP contribution >= 0.6 is 0 Å². The van der Waals surface area contributed by atoms with E-state index < -0.39 is 10.4 Å². The van der Waals surface area contributed by atoms with Crippen molar-refractivity contribution in [2.24, 2.45) is 0 Å². The largest absolute Gasteiger partial charge is 0.399 e. The first kappa shape index (κ1) is 15.9. The molecule has 0 aromatic heterocycles. The van der Waals surface area contributed by atoms with Crippen LogP contribution in [-0.2, 0) is 18.8 Å². The Kier molecular flexibility index (Phi) is 10.5. The second-order valence-electron chi connectivity index (χ2n) is 0.742. The van der Waals surface area contributed by atoms with Gasteiger partial charge in [0.1, 0.15) is 0 Å². The summed E-state index contributed by atoms with van der Waals surface area (Å²) in [6, 6.07) is 0. The fraction of sp³-hybridized carbons (Fsp3) is 1.00. The Labute approximate surface area is 54.6 Å². The van der Waals surface area contributed by atoms with Crippen LogP contribution in [0.1, 0.15) is 0 Å². The lowest BCUT2D eigenvalue weighted by Gasteiger charge is -1.91. The highest BCUT2D eigenvalue weighted by molar-refractivity contribution is 7.81. The van der Waals surface area contributed by atoms with E-state index in [0.29, 0.717) is 0 Å². The third-order valence-corrected chi connectivity index (χ3v) is 1.22. The first-order valence-corrected chi connectivity index (χ1v) is 2.82. The average Bonchev–Trinajstić information content (AvgIpc) is 1.68. The van der Waals surface area contributed by atoms with E-state index in [-0.39, 0.29) is 12.3 Å². The molecule has 0 aliphatic rings. The molecule has 0 saturated heterocycles. The molecule has 0 aliphatic carbocycles. The quantitative estimate of drug-likeness (QED) is 0.579. The molecule has 0 spiro atoms. The number of hydrogen-bond donors (Lipinski definition) is 2. The number of rotatable bonds is 2. The molecule has 0 atom stereocenters. The molecule has 9 heavy (non-hydrogen) atoms. The summed E-state index contributed by atoms with van der Waals surface area (Å²) in [7, 11) is -1.60. The summed E-state index contributed by atoms with van der Waals surface area (Å²) in [6.45, 7) is 0. The molecule has 0 aromatic rings. The maximum absolute atomic E-state index is 9.92. The zero-order valence-electron chi connectivity index (χ0n) is 5.46. The molecule has 0 fully saturated rings. The highest BCUT2D eigenvalue weighted by Gasteiger charge is 2.01. The molecule has 0 amide bonds. The normalized spacial score (nSPS) is 9.11.